The molecular weight excluding hydrogens is 334 g/mol. The van der Waals surface area contributed by atoms with Crippen LogP contribution in [0.15, 0.2) is 24.7 Å². The lowest BCUT2D eigenvalue weighted by Crippen LogP contribution is -2.24. The van der Waals surface area contributed by atoms with Crippen molar-refractivity contribution >= 4 is 5.91 Å². The molecule has 10 heteroatoms. The minimum atomic E-state index is -3.39. The van der Waals surface area contributed by atoms with Crippen LogP contribution in [0.2, 0.25) is 0 Å². The summed E-state index contributed by atoms with van der Waals surface area (Å²) < 4.78 is 60.0. The lowest BCUT2D eigenvalue weighted by Gasteiger charge is -2.10. The first-order valence-corrected chi connectivity index (χ1v) is 6.47. The van der Waals surface area contributed by atoms with Gasteiger partial charge in [-0.2, -0.15) is 8.78 Å². The number of nitrogens with one attached hydrogen (secondary N) is 1. The van der Waals surface area contributed by atoms with Gasteiger partial charge in [-0.25, -0.2) is 18.7 Å². The molecule has 1 heterocycles. The number of benzene rings is 1. The molecule has 2 aromatic rings. The molecule has 24 heavy (non-hydrogen) atoms. The molecule has 0 aliphatic rings. The van der Waals surface area contributed by atoms with Crippen molar-refractivity contribution in [3.05, 3.63) is 47.4 Å². The summed E-state index contributed by atoms with van der Waals surface area (Å²) in [7, 11) is 1.38. The summed E-state index contributed by atoms with van der Waals surface area (Å²) in [5.74, 6) is -4.69. The number of nitrogens with zero attached hydrogens (tertiary/aromatic N) is 2. The van der Waals surface area contributed by atoms with Crippen LogP contribution in [-0.4, -0.2) is 29.6 Å². The fourth-order valence-electron chi connectivity index (χ4n) is 1.82. The molecule has 0 aliphatic carbocycles. The Hall–Kier alpha value is -2.91. The topological polar surface area (TPSA) is 73.3 Å². The third-order valence-electron chi connectivity index (χ3n) is 2.85. The molecule has 0 unspecified atom stereocenters. The smallest absolute Gasteiger partial charge is 0.387 e. The first-order valence-electron chi connectivity index (χ1n) is 6.47. The van der Waals surface area contributed by atoms with Gasteiger partial charge in [0.05, 0.1) is 12.7 Å². The Kier molecular flexibility index (Phi) is 5.51. The summed E-state index contributed by atoms with van der Waals surface area (Å²) in [6.07, 6.45) is 2.64. The molecular formula is C14H11F4N3O3. The number of amides is 1. The Morgan fingerprint density at radius 2 is 1.96 bits per heavy atom. The van der Waals surface area contributed by atoms with Gasteiger partial charge in [0.2, 0.25) is 5.88 Å². The standard InChI is InChI=1S/C14H11F4N3O3/c1-23-13-8(4-19-6-21-13)5-20-12(22)7-2-9(15)11(10(16)3-7)24-14(17)18/h2-4,6,14H,5H2,1H3,(H,20,22). The van der Waals surface area contributed by atoms with Crippen LogP contribution >= 0.6 is 0 Å². The van der Waals surface area contributed by atoms with Gasteiger partial charge in [0, 0.05) is 18.3 Å². The Morgan fingerprint density at radius 3 is 2.54 bits per heavy atom. The first kappa shape index (κ1) is 17.4. The van der Waals surface area contributed by atoms with Crippen LogP contribution in [0.25, 0.3) is 0 Å². The highest BCUT2D eigenvalue weighted by Gasteiger charge is 2.19. The van der Waals surface area contributed by atoms with Gasteiger partial charge >= 0.3 is 6.61 Å². The second-order valence-electron chi connectivity index (χ2n) is 4.39. The van der Waals surface area contributed by atoms with Crippen LogP contribution in [0.3, 0.4) is 0 Å². The van der Waals surface area contributed by atoms with Crippen LogP contribution in [0.4, 0.5) is 17.6 Å². The SMILES string of the molecule is COc1ncncc1CNC(=O)c1cc(F)c(OC(F)F)c(F)c1. The van der Waals surface area contributed by atoms with Gasteiger partial charge in [-0.1, -0.05) is 0 Å². The molecule has 2 rings (SSSR count). The fraction of sp³-hybridized carbons (Fsp3) is 0.214. The molecule has 0 aliphatic heterocycles. The van der Waals surface area contributed by atoms with E-state index in [0.717, 1.165) is 0 Å². The van der Waals surface area contributed by atoms with Crippen LogP contribution < -0.4 is 14.8 Å². The highest BCUT2D eigenvalue weighted by atomic mass is 19.3. The Bertz CT molecular complexity index is 720. The number of rotatable bonds is 6. The van der Waals surface area contributed by atoms with Gasteiger partial charge in [0.15, 0.2) is 17.4 Å². The van der Waals surface area contributed by atoms with Crippen molar-refractivity contribution in [2.75, 3.05) is 7.11 Å². The van der Waals surface area contributed by atoms with E-state index >= 15 is 0 Å². The minimum absolute atomic E-state index is 0.0681. The molecule has 1 aromatic carbocycles. The fourth-order valence-corrected chi connectivity index (χ4v) is 1.82. The van der Waals surface area contributed by atoms with E-state index in [4.69, 9.17) is 4.74 Å². The number of alkyl halides is 2. The maximum Gasteiger partial charge on any atom is 0.387 e. The minimum Gasteiger partial charge on any atom is -0.481 e. The molecule has 6 nitrogen and oxygen atoms in total. The van der Waals surface area contributed by atoms with Gasteiger partial charge in [0.1, 0.15) is 6.33 Å². The number of hydrogen-bond donors (Lipinski definition) is 1. The van der Waals surface area contributed by atoms with Gasteiger partial charge < -0.3 is 14.8 Å². The average Bonchev–Trinajstić information content (AvgIpc) is 2.55. The third kappa shape index (κ3) is 4.09. The van der Waals surface area contributed by atoms with Crippen molar-refractivity contribution in [3.8, 4) is 11.6 Å². The summed E-state index contributed by atoms with van der Waals surface area (Å²) in [6.45, 7) is -3.46. The molecule has 1 aromatic heterocycles. The van der Waals surface area contributed by atoms with E-state index in [1.807, 2.05) is 0 Å². The summed E-state index contributed by atoms with van der Waals surface area (Å²) in [4.78, 5) is 19.5. The predicted molar refractivity (Wildman–Crippen MR) is 72.7 cm³/mol. The number of ether oxygens (including phenoxy) is 2. The Morgan fingerprint density at radius 1 is 1.29 bits per heavy atom. The monoisotopic (exact) mass is 345 g/mol. The van der Waals surface area contributed by atoms with Crippen LogP contribution in [0, 0.1) is 11.6 Å². The number of methoxy groups -OCH3 is 1. The van der Waals surface area contributed by atoms with Gasteiger partial charge in [-0.15, -0.1) is 0 Å². The Balaban J connectivity index is 2.13. The normalized spacial score (nSPS) is 10.6. The van der Waals surface area contributed by atoms with Crippen LogP contribution in [0.1, 0.15) is 15.9 Å². The highest BCUT2D eigenvalue weighted by Crippen LogP contribution is 2.25. The maximum atomic E-state index is 13.6. The second kappa shape index (κ2) is 7.57. The van der Waals surface area contributed by atoms with Crippen molar-refractivity contribution in [1.29, 1.82) is 0 Å². The first-order chi connectivity index (χ1) is 11.4. The molecule has 0 saturated heterocycles. The van der Waals surface area contributed by atoms with Crippen LogP contribution in [0.5, 0.6) is 11.6 Å². The zero-order valence-electron chi connectivity index (χ0n) is 12.2. The molecule has 1 N–H and O–H groups in total. The van der Waals surface area contributed by atoms with Crippen molar-refractivity contribution in [1.82, 2.24) is 15.3 Å². The number of carbonyl (C=O) groups is 1. The van der Waals surface area contributed by atoms with E-state index in [1.165, 1.54) is 19.6 Å². The summed E-state index contributed by atoms with van der Waals surface area (Å²) in [5, 5.41) is 2.38. The molecule has 0 bridgehead atoms. The maximum absolute atomic E-state index is 13.6. The average molecular weight is 345 g/mol. The zero-order valence-corrected chi connectivity index (χ0v) is 12.2. The molecule has 0 saturated carbocycles. The van der Waals surface area contributed by atoms with Crippen molar-refractivity contribution in [3.63, 3.8) is 0 Å². The zero-order chi connectivity index (χ0) is 17.7. The lowest BCUT2D eigenvalue weighted by molar-refractivity contribution is -0.0546. The van der Waals surface area contributed by atoms with E-state index in [-0.39, 0.29) is 12.4 Å². The molecule has 0 fully saturated rings. The molecule has 0 radical (unpaired) electrons. The second-order valence-corrected chi connectivity index (χ2v) is 4.39. The number of carbonyl (C=O) groups excluding carboxylic acids is 1. The molecule has 0 spiro atoms. The summed E-state index contributed by atoms with van der Waals surface area (Å²) in [5.41, 5.74) is 0.0365. The summed E-state index contributed by atoms with van der Waals surface area (Å²) >= 11 is 0. The predicted octanol–water partition coefficient (Wildman–Crippen LogP) is 2.29. The van der Waals surface area contributed by atoms with Gasteiger partial charge in [-0.3, -0.25) is 4.79 Å². The number of halogens is 4. The quantitative estimate of drug-likeness (QED) is 0.814. The van der Waals surface area contributed by atoms with E-state index in [9.17, 15) is 22.4 Å². The highest BCUT2D eigenvalue weighted by molar-refractivity contribution is 5.94. The largest absolute Gasteiger partial charge is 0.481 e. The Labute approximate surface area is 133 Å². The van der Waals surface area contributed by atoms with Crippen LogP contribution in [-0.2, 0) is 6.54 Å². The van der Waals surface area contributed by atoms with Gasteiger partial charge in [-0.05, 0) is 12.1 Å². The van der Waals surface area contributed by atoms with E-state index in [1.54, 1.807) is 0 Å². The van der Waals surface area contributed by atoms with Crippen molar-refractivity contribution < 1.29 is 31.8 Å². The summed E-state index contributed by atoms with van der Waals surface area (Å²) in [6, 6.07) is 1.18. The molecule has 128 valence electrons. The van der Waals surface area contributed by atoms with E-state index < -0.39 is 35.5 Å². The van der Waals surface area contributed by atoms with E-state index in [0.29, 0.717) is 17.7 Å². The van der Waals surface area contributed by atoms with Crippen molar-refractivity contribution in [2.45, 2.75) is 13.2 Å². The van der Waals surface area contributed by atoms with Gasteiger partial charge in [0.25, 0.3) is 5.91 Å². The molecule has 1 amide bonds. The number of hydrogen-bond acceptors (Lipinski definition) is 5. The molecule has 0 atom stereocenters. The van der Waals surface area contributed by atoms with E-state index in [2.05, 4.69) is 20.0 Å². The van der Waals surface area contributed by atoms with Crippen molar-refractivity contribution in [2.24, 2.45) is 0 Å². The lowest BCUT2D eigenvalue weighted by atomic mass is 10.2. The third-order valence-corrected chi connectivity index (χ3v) is 2.85. The number of aromatic nitrogens is 2.